The molecule has 0 aliphatic heterocycles. The molecule has 0 aliphatic carbocycles. The van der Waals surface area contributed by atoms with E-state index < -0.39 is 28.9 Å². The third-order valence-electron chi connectivity index (χ3n) is 3.39. The SMILES string of the molecule is CCn1c(-c2c(F)cccc2F)c(N(C)C(=O)O)cc(Cl)c1=O. The van der Waals surface area contributed by atoms with Crippen LogP contribution in [0.5, 0.6) is 0 Å². The van der Waals surface area contributed by atoms with Gasteiger partial charge >= 0.3 is 6.09 Å². The first-order chi connectivity index (χ1) is 10.8. The van der Waals surface area contributed by atoms with Gasteiger partial charge in [-0.15, -0.1) is 0 Å². The second-order valence-corrected chi connectivity index (χ2v) is 5.12. The van der Waals surface area contributed by atoms with Crippen LogP contribution >= 0.6 is 11.6 Å². The molecule has 0 aliphatic rings. The van der Waals surface area contributed by atoms with Crippen LogP contribution in [0.25, 0.3) is 11.3 Å². The number of carboxylic acid groups (broad SMARTS) is 1. The summed E-state index contributed by atoms with van der Waals surface area (Å²) in [6.07, 6.45) is -1.36. The smallest absolute Gasteiger partial charge is 0.411 e. The lowest BCUT2D eigenvalue weighted by atomic mass is 10.1. The van der Waals surface area contributed by atoms with Crippen LogP contribution in [0, 0.1) is 11.6 Å². The van der Waals surface area contributed by atoms with Crippen LogP contribution in [-0.2, 0) is 6.54 Å². The molecule has 0 fully saturated rings. The summed E-state index contributed by atoms with van der Waals surface area (Å²) in [5, 5.41) is 8.94. The molecule has 0 atom stereocenters. The van der Waals surface area contributed by atoms with E-state index in [0.717, 1.165) is 27.7 Å². The van der Waals surface area contributed by atoms with Crippen LogP contribution in [0.3, 0.4) is 0 Å². The Labute approximate surface area is 135 Å². The van der Waals surface area contributed by atoms with Crippen molar-refractivity contribution in [2.24, 2.45) is 0 Å². The Hall–Kier alpha value is -2.41. The van der Waals surface area contributed by atoms with Gasteiger partial charge in [-0.3, -0.25) is 9.69 Å². The third-order valence-corrected chi connectivity index (χ3v) is 3.66. The molecule has 0 saturated carbocycles. The van der Waals surface area contributed by atoms with Gasteiger partial charge in [-0.05, 0) is 25.1 Å². The zero-order chi connectivity index (χ0) is 17.3. The summed E-state index contributed by atoms with van der Waals surface area (Å²) in [7, 11) is 1.20. The van der Waals surface area contributed by atoms with Gasteiger partial charge in [-0.1, -0.05) is 17.7 Å². The molecule has 0 bridgehead atoms. The minimum Gasteiger partial charge on any atom is -0.465 e. The number of amides is 1. The highest BCUT2D eigenvalue weighted by Gasteiger charge is 2.24. The Kier molecular flexibility index (Phi) is 4.70. The molecule has 1 amide bonds. The summed E-state index contributed by atoms with van der Waals surface area (Å²) in [5.74, 6) is -1.82. The summed E-state index contributed by atoms with van der Waals surface area (Å²) in [5.41, 5.74) is -1.41. The molecule has 1 N–H and O–H groups in total. The maximum absolute atomic E-state index is 14.2. The van der Waals surface area contributed by atoms with E-state index in [1.807, 2.05) is 0 Å². The molecule has 0 radical (unpaired) electrons. The standard InChI is InChI=1S/C15H13ClF2N2O3/c1-3-20-13(12-9(17)5-4-6-10(12)18)11(19(2)15(22)23)7-8(16)14(20)21/h4-7H,3H2,1-2H3,(H,22,23). The number of hydrogen-bond donors (Lipinski definition) is 1. The van der Waals surface area contributed by atoms with Crippen molar-refractivity contribution in [2.45, 2.75) is 13.5 Å². The number of carbonyl (C=O) groups is 1. The van der Waals surface area contributed by atoms with Gasteiger partial charge in [0.15, 0.2) is 0 Å². The molecule has 0 spiro atoms. The molecule has 1 aromatic carbocycles. The predicted molar refractivity (Wildman–Crippen MR) is 83.2 cm³/mol. The first kappa shape index (κ1) is 17.0. The molecule has 0 unspecified atom stereocenters. The van der Waals surface area contributed by atoms with Gasteiger partial charge < -0.3 is 9.67 Å². The van der Waals surface area contributed by atoms with Crippen LogP contribution in [0.4, 0.5) is 19.3 Å². The number of hydrogen-bond acceptors (Lipinski definition) is 2. The van der Waals surface area contributed by atoms with Crippen LogP contribution in [-0.4, -0.2) is 22.8 Å². The van der Waals surface area contributed by atoms with Crippen LogP contribution in [0.1, 0.15) is 6.92 Å². The summed E-state index contributed by atoms with van der Waals surface area (Å²) < 4.78 is 29.4. The van der Waals surface area contributed by atoms with Crippen molar-refractivity contribution in [1.82, 2.24) is 4.57 Å². The second kappa shape index (κ2) is 6.37. The Morgan fingerprint density at radius 1 is 1.35 bits per heavy atom. The van der Waals surface area contributed by atoms with Gasteiger partial charge in [0.2, 0.25) is 0 Å². The first-order valence-electron chi connectivity index (χ1n) is 6.64. The zero-order valence-corrected chi connectivity index (χ0v) is 13.1. The lowest BCUT2D eigenvalue weighted by Crippen LogP contribution is -2.30. The maximum atomic E-state index is 14.2. The van der Waals surface area contributed by atoms with Crippen molar-refractivity contribution in [2.75, 3.05) is 11.9 Å². The van der Waals surface area contributed by atoms with Crippen LogP contribution in [0.15, 0.2) is 29.1 Å². The molecule has 2 rings (SSSR count). The number of benzene rings is 1. The summed E-state index contributed by atoms with van der Waals surface area (Å²) in [6.45, 7) is 1.65. The van der Waals surface area contributed by atoms with Crippen LogP contribution in [0.2, 0.25) is 5.02 Å². The number of nitrogens with zero attached hydrogens (tertiary/aromatic N) is 2. The quantitative estimate of drug-likeness (QED) is 0.927. The van der Waals surface area contributed by atoms with E-state index in [-0.39, 0.29) is 22.9 Å². The maximum Gasteiger partial charge on any atom is 0.411 e. The Bertz CT molecular complexity index is 816. The van der Waals surface area contributed by atoms with Gasteiger partial charge in [0.1, 0.15) is 16.7 Å². The van der Waals surface area contributed by atoms with Crippen molar-refractivity contribution < 1.29 is 18.7 Å². The van der Waals surface area contributed by atoms with Crippen molar-refractivity contribution >= 4 is 23.4 Å². The van der Waals surface area contributed by atoms with E-state index in [4.69, 9.17) is 11.6 Å². The summed E-state index contributed by atoms with van der Waals surface area (Å²) in [4.78, 5) is 24.2. The molecular weight excluding hydrogens is 330 g/mol. The Morgan fingerprint density at radius 3 is 2.39 bits per heavy atom. The number of rotatable bonds is 3. The highest BCUT2D eigenvalue weighted by molar-refractivity contribution is 6.30. The fraction of sp³-hybridized carbons (Fsp3) is 0.200. The number of halogens is 3. The molecule has 1 aromatic heterocycles. The topological polar surface area (TPSA) is 62.5 Å². The van der Waals surface area contributed by atoms with Gasteiger partial charge in [-0.2, -0.15) is 0 Å². The van der Waals surface area contributed by atoms with E-state index in [2.05, 4.69) is 0 Å². The van der Waals surface area contributed by atoms with E-state index in [0.29, 0.717) is 0 Å². The van der Waals surface area contributed by atoms with Gasteiger partial charge in [0.25, 0.3) is 5.56 Å². The first-order valence-corrected chi connectivity index (χ1v) is 7.01. The lowest BCUT2D eigenvalue weighted by Gasteiger charge is -2.22. The minimum absolute atomic E-state index is 0.0585. The number of anilines is 1. The highest BCUT2D eigenvalue weighted by Crippen LogP contribution is 2.34. The molecule has 1 heterocycles. The monoisotopic (exact) mass is 342 g/mol. The average Bonchev–Trinajstić information content (AvgIpc) is 2.49. The third kappa shape index (κ3) is 2.92. The molecule has 23 heavy (non-hydrogen) atoms. The largest absolute Gasteiger partial charge is 0.465 e. The Balaban J connectivity index is 2.98. The fourth-order valence-corrected chi connectivity index (χ4v) is 2.47. The fourth-order valence-electron chi connectivity index (χ4n) is 2.27. The Morgan fingerprint density at radius 2 is 1.91 bits per heavy atom. The lowest BCUT2D eigenvalue weighted by molar-refractivity contribution is 0.203. The highest BCUT2D eigenvalue weighted by atomic mass is 35.5. The minimum atomic E-state index is -1.36. The normalized spacial score (nSPS) is 10.7. The molecule has 0 saturated heterocycles. The molecular formula is C15H13ClF2N2O3. The van der Waals surface area contributed by atoms with Crippen molar-refractivity contribution in [3.63, 3.8) is 0 Å². The van der Waals surface area contributed by atoms with Crippen molar-refractivity contribution in [3.05, 3.63) is 51.3 Å². The average molecular weight is 343 g/mol. The van der Waals surface area contributed by atoms with Gasteiger partial charge in [0.05, 0.1) is 16.9 Å². The van der Waals surface area contributed by atoms with Crippen molar-refractivity contribution in [3.8, 4) is 11.3 Å². The predicted octanol–water partition coefficient (Wildman–Crippen LogP) is 3.58. The van der Waals surface area contributed by atoms with E-state index in [9.17, 15) is 23.5 Å². The second-order valence-electron chi connectivity index (χ2n) is 4.71. The van der Waals surface area contributed by atoms with E-state index in [1.54, 1.807) is 6.92 Å². The zero-order valence-electron chi connectivity index (χ0n) is 12.3. The molecule has 2 aromatic rings. The van der Waals surface area contributed by atoms with E-state index >= 15 is 0 Å². The van der Waals surface area contributed by atoms with Crippen LogP contribution < -0.4 is 10.5 Å². The van der Waals surface area contributed by atoms with E-state index in [1.165, 1.54) is 13.1 Å². The number of aromatic nitrogens is 1. The van der Waals surface area contributed by atoms with Gasteiger partial charge in [0, 0.05) is 13.6 Å². The summed E-state index contributed by atoms with van der Waals surface area (Å²) >= 11 is 5.85. The molecule has 5 nitrogen and oxygen atoms in total. The molecule has 8 heteroatoms. The molecule has 122 valence electrons. The van der Waals surface area contributed by atoms with Gasteiger partial charge in [-0.25, -0.2) is 13.6 Å². The summed E-state index contributed by atoms with van der Waals surface area (Å²) in [6, 6.07) is 4.33. The number of pyridine rings is 1. The van der Waals surface area contributed by atoms with Crippen molar-refractivity contribution in [1.29, 1.82) is 0 Å².